The molecule has 0 bridgehead atoms. The van der Waals surface area contributed by atoms with Crippen LogP contribution in [0.4, 0.5) is 0 Å². The highest BCUT2D eigenvalue weighted by molar-refractivity contribution is 7.16. The van der Waals surface area contributed by atoms with Crippen molar-refractivity contribution in [3.05, 3.63) is 77.8 Å². The van der Waals surface area contributed by atoms with Crippen LogP contribution in [0.25, 0.3) is 10.2 Å². The van der Waals surface area contributed by atoms with Crippen molar-refractivity contribution in [2.24, 2.45) is 0 Å². The first-order valence-corrected chi connectivity index (χ1v) is 10.5. The fourth-order valence-electron chi connectivity index (χ4n) is 4.06. The second kappa shape index (κ2) is 8.17. The Kier molecular flexibility index (Phi) is 5.45. The molecule has 1 aromatic heterocycles. The Morgan fingerprint density at radius 3 is 2.76 bits per heavy atom. The lowest BCUT2D eigenvalue weighted by molar-refractivity contribution is -0.122. The van der Waals surface area contributed by atoms with Crippen molar-refractivity contribution in [1.29, 1.82) is 0 Å². The Morgan fingerprint density at radius 2 is 2.00 bits per heavy atom. The molecule has 3 aromatic rings. The van der Waals surface area contributed by atoms with Crippen LogP contribution in [0.15, 0.2) is 66.7 Å². The molecule has 2 N–H and O–H groups in total. The molecule has 4 rings (SSSR count). The van der Waals surface area contributed by atoms with E-state index in [2.05, 4.69) is 34.3 Å². The lowest BCUT2D eigenvalue weighted by Gasteiger charge is -2.48. The lowest BCUT2D eigenvalue weighted by Crippen LogP contribution is -2.57. The number of hydrogen-bond acceptors (Lipinski definition) is 4. The summed E-state index contributed by atoms with van der Waals surface area (Å²) in [6.07, 6.45) is 3.24. The molecule has 2 amide bonds. The van der Waals surface area contributed by atoms with Gasteiger partial charge in [0.25, 0.3) is 0 Å². The normalized spacial score (nSPS) is 20.6. The average Bonchev–Trinajstić information content (AvgIpc) is 3.17. The van der Waals surface area contributed by atoms with E-state index in [4.69, 9.17) is 0 Å². The first-order chi connectivity index (χ1) is 14.1. The molecule has 1 saturated carbocycles. The van der Waals surface area contributed by atoms with Gasteiger partial charge in [0.05, 0.1) is 22.1 Å². The van der Waals surface area contributed by atoms with Crippen LogP contribution in [-0.2, 0) is 21.4 Å². The van der Waals surface area contributed by atoms with Gasteiger partial charge in [-0.1, -0.05) is 43.0 Å². The maximum atomic E-state index is 12.5. The van der Waals surface area contributed by atoms with Gasteiger partial charge in [0.1, 0.15) is 0 Å². The molecule has 148 valence electrons. The van der Waals surface area contributed by atoms with Crippen LogP contribution >= 0.6 is 11.3 Å². The first-order valence-electron chi connectivity index (χ1n) is 9.65. The number of carbonyl (C=O) groups excluding carboxylic acids is 2. The number of nitrogens with zero attached hydrogens (tertiary/aromatic N) is 1. The number of carbonyl (C=O) groups is 2. The summed E-state index contributed by atoms with van der Waals surface area (Å²) in [6.45, 7) is 4.05. The summed E-state index contributed by atoms with van der Waals surface area (Å²) >= 11 is 1.58. The number of amides is 2. The molecule has 0 aliphatic heterocycles. The van der Waals surface area contributed by atoms with Crippen molar-refractivity contribution in [1.82, 2.24) is 15.6 Å². The molecule has 1 heterocycles. The van der Waals surface area contributed by atoms with E-state index in [9.17, 15) is 9.59 Å². The Bertz CT molecular complexity index is 1040. The zero-order valence-electron chi connectivity index (χ0n) is 16.1. The van der Waals surface area contributed by atoms with Crippen molar-refractivity contribution in [2.75, 3.05) is 6.54 Å². The second-order valence-corrected chi connectivity index (χ2v) is 8.46. The molecule has 6 heteroatoms. The number of fused-ring (bicyclic) bond motifs is 1. The molecule has 1 fully saturated rings. The van der Waals surface area contributed by atoms with Gasteiger partial charge < -0.3 is 10.6 Å². The van der Waals surface area contributed by atoms with Gasteiger partial charge in [-0.2, -0.15) is 0 Å². The molecule has 0 spiro atoms. The van der Waals surface area contributed by atoms with Crippen LogP contribution in [0.3, 0.4) is 0 Å². The number of benzene rings is 2. The summed E-state index contributed by atoms with van der Waals surface area (Å²) in [7, 11) is 0. The Balaban J connectivity index is 1.38. The molecule has 0 saturated heterocycles. The maximum absolute atomic E-state index is 12.5. The number of aromatic nitrogens is 1. The lowest BCUT2D eigenvalue weighted by atomic mass is 9.61. The summed E-state index contributed by atoms with van der Waals surface area (Å²) in [5.74, 6) is -0.151. The van der Waals surface area contributed by atoms with E-state index in [1.165, 1.54) is 11.6 Å². The van der Waals surface area contributed by atoms with Gasteiger partial charge in [0.2, 0.25) is 11.8 Å². The van der Waals surface area contributed by atoms with E-state index in [1.54, 1.807) is 11.3 Å². The van der Waals surface area contributed by atoms with Crippen molar-refractivity contribution < 1.29 is 9.59 Å². The fourth-order valence-corrected chi connectivity index (χ4v) is 4.80. The summed E-state index contributed by atoms with van der Waals surface area (Å²) < 4.78 is 1.10. The Morgan fingerprint density at radius 1 is 1.21 bits per heavy atom. The fraction of sp³-hybridized carbons (Fsp3) is 0.261. The maximum Gasteiger partial charge on any atom is 0.243 e. The van der Waals surface area contributed by atoms with Gasteiger partial charge in [-0.3, -0.25) is 9.59 Å². The van der Waals surface area contributed by atoms with E-state index in [0.717, 1.165) is 28.6 Å². The van der Waals surface area contributed by atoms with E-state index < -0.39 is 0 Å². The van der Waals surface area contributed by atoms with Crippen LogP contribution < -0.4 is 10.6 Å². The molecule has 29 heavy (non-hydrogen) atoms. The standard InChI is InChI=1S/C23H23N3O2S/c1-2-21(27)24-14-23(17-6-4-3-5-7-17)12-18(13-23)26-22(28)11-16-8-9-19-20(10-16)29-15-25-19/h2-10,15,18H,1,11-14H2,(H,24,27)(H,26,28). The second-order valence-electron chi connectivity index (χ2n) is 7.57. The smallest absolute Gasteiger partial charge is 0.243 e. The minimum Gasteiger partial charge on any atom is -0.353 e. The first kappa shape index (κ1) is 19.3. The van der Waals surface area contributed by atoms with Crippen LogP contribution in [0.2, 0.25) is 0 Å². The molecule has 0 unspecified atom stereocenters. The molecular weight excluding hydrogens is 382 g/mol. The largest absolute Gasteiger partial charge is 0.353 e. The number of rotatable bonds is 7. The third-order valence-electron chi connectivity index (χ3n) is 5.57. The van der Waals surface area contributed by atoms with Crippen molar-refractivity contribution in [2.45, 2.75) is 30.7 Å². The molecule has 1 aliphatic carbocycles. The molecule has 0 radical (unpaired) electrons. The Hall–Kier alpha value is -2.99. The Labute approximate surface area is 173 Å². The van der Waals surface area contributed by atoms with Crippen LogP contribution in [0, 0.1) is 0 Å². The number of nitrogens with one attached hydrogen (secondary N) is 2. The van der Waals surface area contributed by atoms with E-state index in [1.807, 2.05) is 41.9 Å². The SMILES string of the molecule is C=CC(=O)NCC1(c2ccccc2)CC(NC(=O)Cc2ccc3ncsc3c2)C1. The van der Waals surface area contributed by atoms with Crippen molar-refractivity contribution in [3.8, 4) is 0 Å². The van der Waals surface area contributed by atoms with Gasteiger partial charge >= 0.3 is 0 Å². The number of thiazole rings is 1. The predicted octanol–water partition coefficient (Wildman–Crippen LogP) is 3.36. The molecular formula is C23H23N3O2S. The van der Waals surface area contributed by atoms with Crippen LogP contribution in [0.1, 0.15) is 24.0 Å². The minimum atomic E-state index is -0.175. The quantitative estimate of drug-likeness (QED) is 0.592. The minimum absolute atomic E-state index is 0.0238. The molecule has 2 aromatic carbocycles. The molecule has 0 atom stereocenters. The van der Waals surface area contributed by atoms with Gasteiger partial charge in [0.15, 0.2) is 0 Å². The van der Waals surface area contributed by atoms with Crippen molar-refractivity contribution >= 4 is 33.4 Å². The predicted molar refractivity (Wildman–Crippen MR) is 116 cm³/mol. The highest BCUT2D eigenvalue weighted by atomic mass is 32.1. The topological polar surface area (TPSA) is 71.1 Å². The average molecular weight is 406 g/mol. The van der Waals surface area contributed by atoms with Crippen LogP contribution in [-0.4, -0.2) is 29.4 Å². The summed E-state index contributed by atoms with van der Waals surface area (Å²) in [5, 5.41) is 6.08. The van der Waals surface area contributed by atoms with Gasteiger partial charge in [-0.15, -0.1) is 11.3 Å². The highest BCUT2D eigenvalue weighted by Crippen LogP contribution is 2.43. The summed E-state index contributed by atoms with van der Waals surface area (Å²) in [6, 6.07) is 16.2. The van der Waals surface area contributed by atoms with E-state index in [-0.39, 0.29) is 23.3 Å². The highest BCUT2D eigenvalue weighted by Gasteiger charge is 2.46. The van der Waals surface area contributed by atoms with Gasteiger partial charge in [-0.05, 0) is 42.2 Å². The monoisotopic (exact) mass is 405 g/mol. The van der Waals surface area contributed by atoms with Gasteiger partial charge in [0, 0.05) is 18.0 Å². The third-order valence-corrected chi connectivity index (χ3v) is 6.36. The zero-order valence-corrected chi connectivity index (χ0v) is 16.9. The number of hydrogen-bond donors (Lipinski definition) is 2. The van der Waals surface area contributed by atoms with Gasteiger partial charge in [-0.25, -0.2) is 4.98 Å². The van der Waals surface area contributed by atoms with E-state index >= 15 is 0 Å². The molecule has 5 nitrogen and oxygen atoms in total. The van der Waals surface area contributed by atoms with Crippen molar-refractivity contribution in [3.63, 3.8) is 0 Å². The molecule has 1 aliphatic rings. The van der Waals surface area contributed by atoms with E-state index in [0.29, 0.717) is 13.0 Å². The van der Waals surface area contributed by atoms with Crippen LogP contribution in [0.5, 0.6) is 0 Å². The third kappa shape index (κ3) is 4.22. The summed E-state index contributed by atoms with van der Waals surface area (Å²) in [5.41, 5.74) is 4.81. The summed E-state index contributed by atoms with van der Waals surface area (Å²) in [4.78, 5) is 28.5. The zero-order chi connectivity index (χ0) is 20.3.